The average Bonchev–Trinajstić information content (AvgIpc) is 2.79. The Kier molecular flexibility index (Phi) is 5.42. The van der Waals surface area contributed by atoms with Crippen molar-refractivity contribution in [1.82, 2.24) is 20.6 Å². The molecule has 0 saturated carbocycles. The third-order valence-electron chi connectivity index (χ3n) is 3.77. The minimum absolute atomic E-state index is 0.0539. The molecular weight excluding hydrogens is 348 g/mol. The maximum atomic E-state index is 12.6. The van der Waals surface area contributed by atoms with Gasteiger partial charge in [0.25, 0.3) is 5.91 Å². The Balaban J connectivity index is 2.27. The first-order valence-corrected chi connectivity index (χ1v) is 9.48. The minimum atomic E-state index is -0.328. The van der Waals surface area contributed by atoms with Gasteiger partial charge >= 0.3 is 0 Å². The summed E-state index contributed by atoms with van der Waals surface area (Å²) >= 11 is 1.35. The Morgan fingerprint density at radius 3 is 2.19 bits per heavy atom. The van der Waals surface area contributed by atoms with E-state index >= 15 is 0 Å². The van der Waals surface area contributed by atoms with Gasteiger partial charge in [-0.3, -0.25) is 9.59 Å². The van der Waals surface area contributed by atoms with Crippen LogP contribution in [-0.4, -0.2) is 33.9 Å². The SMILES string of the molecule is Cc1nc(C(C)(C)C)nc2sc(C(=O)NCC(=O)NC(C)(C)C)c(C)c12. The van der Waals surface area contributed by atoms with Crippen molar-refractivity contribution in [3.05, 3.63) is 22.0 Å². The molecule has 0 aliphatic carbocycles. The summed E-state index contributed by atoms with van der Waals surface area (Å²) in [4.78, 5) is 35.2. The number of nitrogens with one attached hydrogen (secondary N) is 2. The predicted molar refractivity (Wildman–Crippen MR) is 106 cm³/mol. The van der Waals surface area contributed by atoms with Gasteiger partial charge in [0, 0.05) is 16.3 Å². The molecule has 2 rings (SSSR count). The number of carbonyl (C=O) groups is 2. The molecule has 26 heavy (non-hydrogen) atoms. The highest BCUT2D eigenvalue weighted by Crippen LogP contribution is 2.33. The molecule has 0 unspecified atom stereocenters. The van der Waals surface area contributed by atoms with Crippen LogP contribution in [0.25, 0.3) is 10.2 Å². The molecule has 6 nitrogen and oxygen atoms in total. The Bertz CT molecular complexity index is 857. The number of aryl methyl sites for hydroxylation is 2. The van der Waals surface area contributed by atoms with Gasteiger partial charge in [0.2, 0.25) is 5.91 Å². The van der Waals surface area contributed by atoms with Crippen LogP contribution in [-0.2, 0) is 10.2 Å². The van der Waals surface area contributed by atoms with E-state index in [0.717, 1.165) is 27.3 Å². The Labute approximate surface area is 158 Å². The molecule has 7 heteroatoms. The molecule has 2 aromatic rings. The Hall–Kier alpha value is -2.02. The van der Waals surface area contributed by atoms with Crippen LogP contribution in [0.3, 0.4) is 0 Å². The van der Waals surface area contributed by atoms with Crippen LogP contribution >= 0.6 is 11.3 Å². The fourth-order valence-corrected chi connectivity index (χ4v) is 3.74. The zero-order valence-electron chi connectivity index (χ0n) is 16.8. The van der Waals surface area contributed by atoms with Gasteiger partial charge in [-0.25, -0.2) is 9.97 Å². The van der Waals surface area contributed by atoms with Crippen molar-refractivity contribution in [3.8, 4) is 0 Å². The standard InChI is InChI=1S/C19H28N4O2S/c1-10-13-11(2)21-17(18(3,4)5)22-16(13)26-14(10)15(25)20-9-12(24)23-19(6,7)8/h9H2,1-8H3,(H,20,25)(H,23,24). The number of amides is 2. The molecule has 2 heterocycles. The van der Waals surface area contributed by atoms with E-state index in [2.05, 4.69) is 41.4 Å². The first-order valence-electron chi connectivity index (χ1n) is 8.67. The highest BCUT2D eigenvalue weighted by atomic mass is 32.1. The molecule has 0 aliphatic heterocycles. The van der Waals surface area contributed by atoms with E-state index in [1.807, 2.05) is 34.6 Å². The van der Waals surface area contributed by atoms with E-state index in [1.165, 1.54) is 11.3 Å². The molecule has 0 atom stereocenters. The average molecular weight is 377 g/mol. The van der Waals surface area contributed by atoms with Gasteiger partial charge in [0.1, 0.15) is 10.7 Å². The number of thiophene rings is 1. The minimum Gasteiger partial charge on any atom is -0.350 e. The lowest BCUT2D eigenvalue weighted by Gasteiger charge is -2.20. The van der Waals surface area contributed by atoms with Gasteiger partial charge in [0.15, 0.2) is 0 Å². The van der Waals surface area contributed by atoms with Crippen LogP contribution in [0.1, 0.15) is 68.3 Å². The highest BCUT2D eigenvalue weighted by Gasteiger charge is 2.23. The van der Waals surface area contributed by atoms with Gasteiger partial charge in [-0.05, 0) is 40.2 Å². The number of rotatable bonds is 3. The molecule has 2 N–H and O–H groups in total. The van der Waals surface area contributed by atoms with E-state index < -0.39 is 0 Å². The van der Waals surface area contributed by atoms with E-state index in [9.17, 15) is 9.59 Å². The van der Waals surface area contributed by atoms with Crippen LogP contribution in [0.2, 0.25) is 0 Å². The molecule has 0 bridgehead atoms. The predicted octanol–water partition coefficient (Wildman–Crippen LogP) is 3.25. The molecule has 0 spiro atoms. The maximum Gasteiger partial charge on any atom is 0.262 e. The fourth-order valence-electron chi connectivity index (χ4n) is 2.59. The normalized spacial score (nSPS) is 12.3. The van der Waals surface area contributed by atoms with Crippen molar-refractivity contribution in [2.24, 2.45) is 0 Å². The number of aromatic nitrogens is 2. The summed E-state index contributed by atoms with van der Waals surface area (Å²) in [5.41, 5.74) is 1.24. The van der Waals surface area contributed by atoms with Crippen LogP contribution in [0.5, 0.6) is 0 Å². The molecule has 2 amide bonds. The topological polar surface area (TPSA) is 84.0 Å². The zero-order valence-corrected chi connectivity index (χ0v) is 17.6. The first kappa shape index (κ1) is 20.3. The number of hydrogen-bond donors (Lipinski definition) is 2. The van der Waals surface area contributed by atoms with Gasteiger partial charge < -0.3 is 10.6 Å². The van der Waals surface area contributed by atoms with Crippen molar-refractivity contribution in [2.75, 3.05) is 6.54 Å². The van der Waals surface area contributed by atoms with Gasteiger partial charge in [-0.15, -0.1) is 11.3 Å². The van der Waals surface area contributed by atoms with Crippen molar-refractivity contribution >= 4 is 33.4 Å². The number of fused-ring (bicyclic) bond motifs is 1. The van der Waals surface area contributed by atoms with Crippen LogP contribution in [0, 0.1) is 13.8 Å². The third-order valence-corrected chi connectivity index (χ3v) is 4.96. The zero-order chi connectivity index (χ0) is 19.9. The van der Waals surface area contributed by atoms with Crippen molar-refractivity contribution in [2.45, 2.75) is 66.3 Å². The second-order valence-electron chi connectivity index (χ2n) is 8.60. The lowest BCUT2D eigenvalue weighted by molar-refractivity contribution is -0.121. The summed E-state index contributed by atoms with van der Waals surface area (Å²) in [5, 5.41) is 6.45. The first-order chi connectivity index (χ1) is 11.8. The maximum absolute atomic E-state index is 12.6. The molecule has 0 aliphatic rings. The van der Waals surface area contributed by atoms with E-state index in [4.69, 9.17) is 0 Å². The molecule has 2 aromatic heterocycles. The Morgan fingerprint density at radius 2 is 1.65 bits per heavy atom. The Morgan fingerprint density at radius 1 is 1.04 bits per heavy atom. The summed E-state index contributed by atoms with van der Waals surface area (Å²) in [6.07, 6.45) is 0. The second-order valence-corrected chi connectivity index (χ2v) is 9.60. The highest BCUT2D eigenvalue weighted by molar-refractivity contribution is 7.20. The third kappa shape index (κ3) is 4.58. The second kappa shape index (κ2) is 6.95. The summed E-state index contributed by atoms with van der Waals surface area (Å²) < 4.78 is 0. The molecule has 0 radical (unpaired) electrons. The summed E-state index contributed by atoms with van der Waals surface area (Å²) in [6.45, 7) is 15.7. The number of hydrogen-bond acceptors (Lipinski definition) is 5. The van der Waals surface area contributed by atoms with Gasteiger partial charge in [-0.2, -0.15) is 0 Å². The quantitative estimate of drug-likeness (QED) is 0.861. The largest absolute Gasteiger partial charge is 0.350 e. The molecule has 0 fully saturated rings. The van der Waals surface area contributed by atoms with Crippen LogP contribution < -0.4 is 10.6 Å². The van der Waals surface area contributed by atoms with Gasteiger partial charge in [0.05, 0.1) is 17.1 Å². The van der Waals surface area contributed by atoms with Crippen LogP contribution in [0.4, 0.5) is 0 Å². The summed E-state index contributed by atoms with van der Waals surface area (Å²) in [5.74, 6) is 0.294. The molecular formula is C19H28N4O2S. The summed E-state index contributed by atoms with van der Waals surface area (Å²) in [7, 11) is 0. The lowest BCUT2D eigenvalue weighted by atomic mass is 9.95. The lowest BCUT2D eigenvalue weighted by Crippen LogP contribution is -2.45. The monoisotopic (exact) mass is 376 g/mol. The number of nitrogens with zero attached hydrogens (tertiary/aromatic N) is 2. The van der Waals surface area contributed by atoms with Crippen molar-refractivity contribution in [3.63, 3.8) is 0 Å². The van der Waals surface area contributed by atoms with Crippen molar-refractivity contribution in [1.29, 1.82) is 0 Å². The van der Waals surface area contributed by atoms with E-state index in [0.29, 0.717) is 4.88 Å². The summed E-state index contributed by atoms with van der Waals surface area (Å²) in [6, 6.07) is 0. The van der Waals surface area contributed by atoms with E-state index in [1.54, 1.807) is 0 Å². The molecule has 142 valence electrons. The number of carbonyl (C=O) groups excluding carboxylic acids is 2. The van der Waals surface area contributed by atoms with Gasteiger partial charge in [-0.1, -0.05) is 20.8 Å². The van der Waals surface area contributed by atoms with E-state index in [-0.39, 0.29) is 29.3 Å². The van der Waals surface area contributed by atoms with Crippen LogP contribution in [0.15, 0.2) is 0 Å². The smallest absolute Gasteiger partial charge is 0.262 e. The fraction of sp³-hybridized carbons (Fsp3) is 0.579. The molecule has 0 aromatic carbocycles. The van der Waals surface area contributed by atoms with Crippen molar-refractivity contribution < 1.29 is 9.59 Å². The molecule has 0 saturated heterocycles.